The summed E-state index contributed by atoms with van der Waals surface area (Å²) in [6.07, 6.45) is 0. The monoisotopic (exact) mass is 304 g/mol. The molecule has 0 aliphatic rings. The molecular weight excluding hydrogens is 283 g/mol. The van der Waals surface area contributed by atoms with Crippen LogP contribution < -0.4 is 11.5 Å². The van der Waals surface area contributed by atoms with Crippen LogP contribution in [0.2, 0.25) is 0 Å². The van der Waals surface area contributed by atoms with Gasteiger partial charge in [-0.3, -0.25) is 0 Å². The van der Waals surface area contributed by atoms with Crippen LogP contribution in [-0.4, -0.2) is 36.2 Å². The molecule has 0 fully saturated rings. The maximum atomic E-state index is 11.6. The van der Waals surface area contributed by atoms with Gasteiger partial charge in [0.2, 0.25) is 0 Å². The molecule has 110 valence electrons. The van der Waals surface area contributed by atoms with Crippen molar-refractivity contribution in [3.63, 3.8) is 0 Å². The highest BCUT2D eigenvalue weighted by atomic mass is 35.5. The SMILES string of the molecule is CCOC(=O)[C@](C)(N)[C@@](C)(N)C(=O)OCC.Cl.Cl. The maximum Gasteiger partial charge on any atom is 0.328 e. The minimum atomic E-state index is -1.63. The van der Waals surface area contributed by atoms with E-state index in [1.165, 1.54) is 13.8 Å². The van der Waals surface area contributed by atoms with Crippen LogP contribution in [0.1, 0.15) is 27.7 Å². The predicted molar refractivity (Wildman–Crippen MR) is 72.9 cm³/mol. The summed E-state index contributed by atoms with van der Waals surface area (Å²) < 4.78 is 9.54. The fourth-order valence-corrected chi connectivity index (χ4v) is 0.986. The second-order valence-corrected chi connectivity index (χ2v) is 3.85. The molecule has 0 aliphatic heterocycles. The molecule has 0 aliphatic carbocycles. The van der Waals surface area contributed by atoms with Gasteiger partial charge in [-0.1, -0.05) is 0 Å². The smallest absolute Gasteiger partial charge is 0.328 e. The Hall–Kier alpha value is -0.560. The van der Waals surface area contributed by atoms with Crippen molar-refractivity contribution in [2.45, 2.75) is 38.8 Å². The van der Waals surface area contributed by atoms with Crippen LogP contribution in [0.3, 0.4) is 0 Å². The molecule has 0 heterocycles. The molecule has 0 aromatic rings. The van der Waals surface area contributed by atoms with Crippen molar-refractivity contribution in [2.75, 3.05) is 13.2 Å². The second-order valence-electron chi connectivity index (χ2n) is 3.85. The normalized spacial score (nSPS) is 16.1. The average Bonchev–Trinajstić information content (AvgIpc) is 2.18. The van der Waals surface area contributed by atoms with E-state index in [0.29, 0.717) is 0 Å². The van der Waals surface area contributed by atoms with Crippen LogP contribution in [0.25, 0.3) is 0 Å². The van der Waals surface area contributed by atoms with Gasteiger partial charge in [0.1, 0.15) is 11.1 Å². The number of nitrogens with two attached hydrogens (primary N) is 2. The average molecular weight is 305 g/mol. The van der Waals surface area contributed by atoms with Gasteiger partial charge in [-0.15, -0.1) is 24.8 Å². The molecule has 0 bridgehead atoms. The summed E-state index contributed by atoms with van der Waals surface area (Å²) in [5, 5.41) is 0. The van der Waals surface area contributed by atoms with E-state index in [1.807, 2.05) is 0 Å². The molecular formula is C10H22Cl2N2O4. The molecule has 2 atom stereocenters. The predicted octanol–water partition coefficient (Wildman–Crippen LogP) is 0.391. The Bertz CT molecular complexity index is 255. The van der Waals surface area contributed by atoms with Gasteiger partial charge < -0.3 is 20.9 Å². The minimum Gasteiger partial charge on any atom is -0.465 e. The van der Waals surface area contributed by atoms with Crippen molar-refractivity contribution in [2.24, 2.45) is 11.5 Å². The Morgan fingerprint density at radius 3 is 1.28 bits per heavy atom. The van der Waals surface area contributed by atoms with E-state index in [1.54, 1.807) is 13.8 Å². The van der Waals surface area contributed by atoms with Crippen molar-refractivity contribution in [3.05, 3.63) is 0 Å². The Morgan fingerprint density at radius 2 is 1.11 bits per heavy atom. The van der Waals surface area contributed by atoms with Gasteiger partial charge >= 0.3 is 11.9 Å². The Balaban J connectivity index is -0.00000112. The van der Waals surface area contributed by atoms with E-state index >= 15 is 0 Å². The molecule has 4 N–H and O–H groups in total. The highest BCUT2D eigenvalue weighted by molar-refractivity contribution is 5.93. The molecule has 18 heavy (non-hydrogen) atoms. The van der Waals surface area contributed by atoms with Gasteiger partial charge in [0.25, 0.3) is 0 Å². The summed E-state index contributed by atoms with van der Waals surface area (Å²) in [6.45, 7) is 6.33. The number of esters is 2. The lowest BCUT2D eigenvalue weighted by molar-refractivity contribution is -0.162. The zero-order valence-electron chi connectivity index (χ0n) is 11.0. The van der Waals surface area contributed by atoms with E-state index in [9.17, 15) is 9.59 Å². The van der Waals surface area contributed by atoms with E-state index < -0.39 is 23.0 Å². The fourth-order valence-electron chi connectivity index (χ4n) is 0.986. The van der Waals surface area contributed by atoms with Crippen molar-refractivity contribution in [3.8, 4) is 0 Å². The van der Waals surface area contributed by atoms with Gasteiger partial charge in [-0.05, 0) is 27.7 Å². The van der Waals surface area contributed by atoms with Gasteiger partial charge in [0, 0.05) is 0 Å². The summed E-state index contributed by atoms with van der Waals surface area (Å²) in [7, 11) is 0. The zero-order chi connectivity index (χ0) is 13.0. The molecule has 0 radical (unpaired) electrons. The Labute approximate surface area is 120 Å². The first-order chi connectivity index (χ1) is 7.21. The second kappa shape index (κ2) is 8.53. The highest BCUT2D eigenvalue weighted by Crippen LogP contribution is 2.20. The molecule has 0 rings (SSSR count). The number of rotatable bonds is 5. The van der Waals surface area contributed by atoms with E-state index in [2.05, 4.69) is 0 Å². The van der Waals surface area contributed by atoms with E-state index in [4.69, 9.17) is 20.9 Å². The minimum absolute atomic E-state index is 0. The third-order valence-electron chi connectivity index (χ3n) is 2.48. The van der Waals surface area contributed by atoms with Crippen LogP contribution in [0.15, 0.2) is 0 Å². The van der Waals surface area contributed by atoms with Crippen LogP contribution >= 0.6 is 24.8 Å². The highest BCUT2D eigenvalue weighted by Gasteiger charge is 2.52. The first kappa shape index (κ1) is 22.6. The van der Waals surface area contributed by atoms with Gasteiger partial charge in [0.15, 0.2) is 0 Å². The molecule has 0 aromatic heterocycles. The standard InChI is InChI=1S/C10H20N2O4.2ClH/c1-5-15-7(13)9(3,11)10(4,12)8(14)16-6-2;;/h5-6,11-12H2,1-4H3;2*1H/t9-,10-;;/m0../s1. The topological polar surface area (TPSA) is 105 Å². The molecule has 0 aromatic carbocycles. The molecule has 6 nitrogen and oxygen atoms in total. The van der Waals surface area contributed by atoms with Crippen molar-refractivity contribution < 1.29 is 19.1 Å². The number of ether oxygens (including phenoxy) is 2. The summed E-state index contributed by atoms with van der Waals surface area (Å²) in [4.78, 5) is 23.2. The molecule has 0 saturated carbocycles. The summed E-state index contributed by atoms with van der Waals surface area (Å²) >= 11 is 0. The summed E-state index contributed by atoms with van der Waals surface area (Å²) in [5.41, 5.74) is 8.25. The van der Waals surface area contributed by atoms with Crippen LogP contribution in [0.5, 0.6) is 0 Å². The lowest BCUT2D eigenvalue weighted by Crippen LogP contribution is -2.71. The lowest BCUT2D eigenvalue weighted by atomic mass is 9.81. The van der Waals surface area contributed by atoms with Gasteiger partial charge in [-0.25, -0.2) is 9.59 Å². The van der Waals surface area contributed by atoms with Gasteiger partial charge in [0.05, 0.1) is 13.2 Å². The fraction of sp³-hybridized carbons (Fsp3) is 0.800. The summed E-state index contributed by atoms with van der Waals surface area (Å²) in [5.74, 6) is -1.46. The number of carbonyl (C=O) groups excluding carboxylic acids is 2. The Kier molecular flexibility index (Phi) is 10.7. The number of hydrogen-bond acceptors (Lipinski definition) is 6. The van der Waals surface area contributed by atoms with E-state index in [-0.39, 0.29) is 38.0 Å². The quantitative estimate of drug-likeness (QED) is 0.712. The van der Waals surface area contributed by atoms with Crippen LogP contribution in [0, 0.1) is 0 Å². The third-order valence-corrected chi connectivity index (χ3v) is 2.48. The largest absolute Gasteiger partial charge is 0.465 e. The van der Waals surface area contributed by atoms with Crippen molar-refractivity contribution in [1.82, 2.24) is 0 Å². The summed E-state index contributed by atoms with van der Waals surface area (Å²) in [6, 6.07) is 0. The molecule has 0 unspecified atom stereocenters. The first-order valence-electron chi connectivity index (χ1n) is 5.14. The number of carbonyl (C=O) groups is 2. The molecule has 0 saturated heterocycles. The molecule has 0 spiro atoms. The maximum absolute atomic E-state index is 11.6. The third kappa shape index (κ3) is 4.61. The molecule has 0 amide bonds. The van der Waals surface area contributed by atoms with Crippen molar-refractivity contribution >= 4 is 36.8 Å². The van der Waals surface area contributed by atoms with Crippen LogP contribution in [-0.2, 0) is 19.1 Å². The molecule has 8 heteroatoms. The van der Waals surface area contributed by atoms with Crippen molar-refractivity contribution in [1.29, 1.82) is 0 Å². The van der Waals surface area contributed by atoms with E-state index in [0.717, 1.165) is 0 Å². The van der Waals surface area contributed by atoms with Crippen LogP contribution in [0.4, 0.5) is 0 Å². The number of halogens is 2. The first-order valence-corrected chi connectivity index (χ1v) is 5.14. The lowest BCUT2D eigenvalue weighted by Gasteiger charge is -2.36. The number of hydrogen-bond donors (Lipinski definition) is 2. The zero-order valence-corrected chi connectivity index (χ0v) is 12.7. The Morgan fingerprint density at radius 1 is 0.889 bits per heavy atom. The van der Waals surface area contributed by atoms with Gasteiger partial charge in [-0.2, -0.15) is 0 Å².